The Hall–Kier alpha value is -7.94. The highest BCUT2D eigenvalue weighted by molar-refractivity contribution is 6.28. The summed E-state index contributed by atoms with van der Waals surface area (Å²) in [5, 5.41) is 12.0. The van der Waals surface area contributed by atoms with E-state index in [0.717, 1.165) is 32.6 Å². The van der Waals surface area contributed by atoms with Crippen molar-refractivity contribution >= 4 is 64.9 Å². The molecule has 2 heteroatoms. The van der Waals surface area contributed by atoms with Crippen molar-refractivity contribution in [3.05, 3.63) is 219 Å². The summed E-state index contributed by atoms with van der Waals surface area (Å²) in [6, 6.07) is 74.5. The van der Waals surface area contributed by atoms with Crippen LogP contribution < -0.4 is 0 Å². The molecule has 0 aliphatic heterocycles. The topological polar surface area (TPSA) is 25.8 Å². The Morgan fingerprint density at radius 1 is 0.200 bits per heavy atom. The highest BCUT2D eigenvalue weighted by atomic mass is 14.7. The zero-order chi connectivity index (χ0) is 39.6. The van der Waals surface area contributed by atoms with Gasteiger partial charge in [-0.2, -0.15) is 0 Å². The number of rotatable bonds is 5. The average Bonchev–Trinajstić information content (AvgIpc) is 3.33. The van der Waals surface area contributed by atoms with Crippen LogP contribution in [-0.4, -0.2) is 9.97 Å². The van der Waals surface area contributed by atoms with Crippen LogP contribution >= 0.6 is 0 Å². The molecule has 0 amide bonds. The summed E-state index contributed by atoms with van der Waals surface area (Å²) in [5.74, 6) is 0. The minimum atomic E-state index is 1.000. The molecule has 0 saturated carbocycles. The summed E-state index contributed by atoms with van der Waals surface area (Å²) in [6.45, 7) is 0. The molecule has 12 rings (SSSR count). The van der Waals surface area contributed by atoms with E-state index in [1.807, 2.05) is 0 Å². The standard InChI is InChI=1S/C58H36N2/c1-3-15-39(16-4-1)55-45-21-9-7-19-43(45)53(49-35-59-51-25-13-11-23-47(51)57(49)55)41-31-27-37(28-32-41)38-29-33-42(34-30-38)54-44-20-8-10-22-46(44)56(40-17-5-2-6-18-40)58-48-24-12-14-26-52(48)60-36-50(54)58/h1-36H. The lowest BCUT2D eigenvalue weighted by molar-refractivity contribution is 1.44. The third kappa shape index (κ3) is 5.35. The van der Waals surface area contributed by atoms with Gasteiger partial charge < -0.3 is 0 Å². The second-order valence-electron chi connectivity index (χ2n) is 15.6. The number of para-hydroxylation sites is 2. The zero-order valence-electron chi connectivity index (χ0n) is 32.7. The van der Waals surface area contributed by atoms with Crippen LogP contribution in [0.3, 0.4) is 0 Å². The average molecular weight is 761 g/mol. The predicted molar refractivity (Wildman–Crippen MR) is 254 cm³/mol. The summed E-state index contributed by atoms with van der Waals surface area (Å²) >= 11 is 0. The molecule has 60 heavy (non-hydrogen) atoms. The lowest BCUT2D eigenvalue weighted by Crippen LogP contribution is -1.93. The number of hydrogen-bond acceptors (Lipinski definition) is 2. The summed E-state index contributed by atoms with van der Waals surface area (Å²) in [7, 11) is 0. The summed E-state index contributed by atoms with van der Waals surface area (Å²) < 4.78 is 0. The fourth-order valence-electron chi connectivity index (χ4n) is 9.69. The molecule has 0 saturated heterocycles. The van der Waals surface area contributed by atoms with E-state index in [1.165, 1.54) is 88.0 Å². The first-order valence-electron chi connectivity index (χ1n) is 20.6. The van der Waals surface area contributed by atoms with Gasteiger partial charge in [0.25, 0.3) is 0 Å². The van der Waals surface area contributed by atoms with Crippen molar-refractivity contribution in [2.75, 3.05) is 0 Å². The molecule has 278 valence electrons. The monoisotopic (exact) mass is 760 g/mol. The van der Waals surface area contributed by atoms with Crippen LogP contribution in [-0.2, 0) is 0 Å². The second-order valence-corrected chi connectivity index (χ2v) is 15.6. The van der Waals surface area contributed by atoms with Gasteiger partial charge in [0.15, 0.2) is 0 Å². The first kappa shape index (κ1) is 34.1. The summed E-state index contributed by atoms with van der Waals surface area (Å²) in [5.41, 5.74) is 14.0. The van der Waals surface area contributed by atoms with Gasteiger partial charge in [0.1, 0.15) is 0 Å². The Balaban J connectivity index is 1.00. The first-order valence-corrected chi connectivity index (χ1v) is 20.6. The molecule has 0 atom stereocenters. The molecule has 0 radical (unpaired) electrons. The molecule has 0 aliphatic carbocycles. The van der Waals surface area contributed by atoms with Gasteiger partial charge in [-0.1, -0.05) is 194 Å². The Morgan fingerprint density at radius 3 is 0.867 bits per heavy atom. The quantitative estimate of drug-likeness (QED) is 0.129. The van der Waals surface area contributed by atoms with Crippen LogP contribution in [0.15, 0.2) is 219 Å². The third-order valence-electron chi connectivity index (χ3n) is 12.3. The Labute approximate surface area is 347 Å². The SMILES string of the molecule is c1ccc(-c2c3ccccc3c(-c3ccc(-c4ccc(-c5c6ccccc6c(-c6ccccc6)c6c5cnc5ccccc56)cc4)cc3)c3cnc4ccccc4c23)cc1. The number of fused-ring (bicyclic) bond motifs is 8. The molecule has 0 N–H and O–H groups in total. The van der Waals surface area contributed by atoms with Gasteiger partial charge in [-0.05, 0) is 89.3 Å². The van der Waals surface area contributed by atoms with Crippen molar-refractivity contribution < 1.29 is 0 Å². The van der Waals surface area contributed by atoms with Gasteiger partial charge in [-0.15, -0.1) is 0 Å². The Kier molecular flexibility index (Phi) is 7.89. The first-order chi connectivity index (χ1) is 29.8. The van der Waals surface area contributed by atoms with Crippen molar-refractivity contribution in [1.29, 1.82) is 0 Å². The molecule has 12 aromatic rings. The van der Waals surface area contributed by atoms with E-state index in [9.17, 15) is 0 Å². The van der Waals surface area contributed by atoms with Gasteiger partial charge >= 0.3 is 0 Å². The van der Waals surface area contributed by atoms with E-state index in [4.69, 9.17) is 9.97 Å². The van der Waals surface area contributed by atoms with E-state index < -0.39 is 0 Å². The van der Waals surface area contributed by atoms with E-state index in [2.05, 4.69) is 219 Å². The normalized spacial score (nSPS) is 11.7. The lowest BCUT2D eigenvalue weighted by atomic mass is 9.84. The van der Waals surface area contributed by atoms with Crippen LogP contribution in [0, 0.1) is 0 Å². The predicted octanol–water partition coefficient (Wildman–Crippen LogP) is 15.7. The maximum absolute atomic E-state index is 5.00. The number of pyridine rings is 2. The minimum Gasteiger partial charge on any atom is -0.256 e. The molecule has 0 spiro atoms. The van der Waals surface area contributed by atoms with Crippen LogP contribution in [0.4, 0.5) is 0 Å². The maximum Gasteiger partial charge on any atom is 0.0708 e. The smallest absolute Gasteiger partial charge is 0.0708 e. The van der Waals surface area contributed by atoms with Crippen LogP contribution in [0.1, 0.15) is 0 Å². The molecule has 2 aromatic heterocycles. The number of hydrogen-bond donors (Lipinski definition) is 0. The number of aromatic nitrogens is 2. The molecule has 2 nitrogen and oxygen atoms in total. The highest BCUT2D eigenvalue weighted by Gasteiger charge is 2.21. The molecule has 0 bridgehead atoms. The molecular weight excluding hydrogens is 725 g/mol. The maximum atomic E-state index is 5.00. The second kappa shape index (κ2) is 13.9. The Morgan fingerprint density at radius 2 is 0.483 bits per heavy atom. The van der Waals surface area contributed by atoms with E-state index in [0.29, 0.717) is 0 Å². The lowest BCUT2D eigenvalue weighted by Gasteiger charge is -2.19. The largest absolute Gasteiger partial charge is 0.256 e. The number of nitrogens with zero attached hydrogens (tertiary/aromatic N) is 2. The zero-order valence-corrected chi connectivity index (χ0v) is 32.7. The van der Waals surface area contributed by atoms with E-state index in [1.54, 1.807) is 0 Å². The van der Waals surface area contributed by atoms with Gasteiger partial charge in [0, 0.05) is 44.7 Å². The fourth-order valence-corrected chi connectivity index (χ4v) is 9.69. The van der Waals surface area contributed by atoms with Crippen LogP contribution in [0.5, 0.6) is 0 Å². The van der Waals surface area contributed by atoms with Gasteiger partial charge in [-0.25, -0.2) is 0 Å². The minimum absolute atomic E-state index is 1.000. The van der Waals surface area contributed by atoms with Crippen LogP contribution in [0.25, 0.3) is 121 Å². The van der Waals surface area contributed by atoms with Crippen LogP contribution in [0.2, 0.25) is 0 Å². The van der Waals surface area contributed by atoms with Gasteiger partial charge in [0.2, 0.25) is 0 Å². The Bertz CT molecular complexity index is 3370. The van der Waals surface area contributed by atoms with Crippen molar-refractivity contribution in [2.45, 2.75) is 0 Å². The van der Waals surface area contributed by atoms with Gasteiger partial charge in [0.05, 0.1) is 11.0 Å². The third-order valence-corrected chi connectivity index (χ3v) is 12.3. The van der Waals surface area contributed by atoms with Crippen molar-refractivity contribution in [1.82, 2.24) is 9.97 Å². The summed E-state index contributed by atoms with van der Waals surface area (Å²) in [4.78, 5) is 10.0. The molecule has 0 aliphatic rings. The van der Waals surface area contributed by atoms with E-state index in [-0.39, 0.29) is 0 Å². The summed E-state index contributed by atoms with van der Waals surface area (Å²) in [6.07, 6.45) is 4.16. The highest BCUT2D eigenvalue weighted by Crippen LogP contribution is 2.48. The van der Waals surface area contributed by atoms with Crippen molar-refractivity contribution in [3.8, 4) is 55.6 Å². The van der Waals surface area contributed by atoms with E-state index >= 15 is 0 Å². The van der Waals surface area contributed by atoms with Crippen molar-refractivity contribution in [2.24, 2.45) is 0 Å². The molecule has 0 fully saturated rings. The van der Waals surface area contributed by atoms with Gasteiger partial charge in [-0.3, -0.25) is 9.97 Å². The number of benzene rings is 10. The molecule has 10 aromatic carbocycles. The van der Waals surface area contributed by atoms with Crippen molar-refractivity contribution in [3.63, 3.8) is 0 Å². The molecular formula is C58H36N2. The fraction of sp³-hybridized carbons (Fsp3) is 0. The molecule has 2 heterocycles. The molecule has 0 unspecified atom stereocenters.